The van der Waals surface area contributed by atoms with Crippen LogP contribution < -0.4 is 4.74 Å². The van der Waals surface area contributed by atoms with Crippen LogP contribution in [0, 0.1) is 11.6 Å². The fraction of sp³-hybridized carbons (Fsp3) is 0. The highest BCUT2D eigenvalue weighted by Crippen LogP contribution is 2.32. The van der Waals surface area contributed by atoms with Crippen LogP contribution in [0.15, 0.2) is 30.3 Å². The minimum absolute atomic E-state index is 0.114. The number of carbonyl (C=O) groups is 1. The molecule has 0 aliphatic carbocycles. The number of rotatable bonds is 3. The van der Waals surface area contributed by atoms with Gasteiger partial charge in [0, 0.05) is 11.6 Å². The molecule has 2 nitrogen and oxygen atoms in total. The van der Waals surface area contributed by atoms with Crippen molar-refractivity contribution in [2.45, 2.75) is 0 Å². The summed E-state index contributed by atoms with van der Waals surface area (Å²) in [6.07, 6.45) is 0.342. The Balaban J connectivity index is 2.38. The van der Waals surface area contributed by atoms with E-state index in [0.717, 1.165) is 12.1 Å². The van der Waals surface area contributed by atoms with Crippen molar-refractivity contribution in [2.24, 2.45) is 0 Å². The monoisotopic (exact) mass is 302 g/mol. The zero-order valence-electron chi connectivity index (χ0n) is 9.29. The smallest absolute Gasteiger partial charge is 0.198 e. The van der Waals surface area contributed by atoms with Crippen molar-refractivity contribution in [2.75, 3.05) is 0 Å². The topological polar surface area (TPSA) is 26.3 Å². The minimum Gasteiger partial charge on any atom is -0.451 e. The Morgan fingerprint density at radius 2 is 1.63 bits per heavy atom. The van der Waals surface area contributed by atoms with Gasteiger partial charge in [0.1, 0.15) is 12.0 Å². The average molecular weight is 303 g/mol. The van der Waals surface area contributed by atoms with E-state index in [1.807, 2.05) is 0 Å². The van der Waals surface area contributed by atoms with Crippen LogP contribution >= 0.6 is 23.2 Å². The molecule has 0 heterocycles. The van der Waals surface area contributed by atoms with Gasteiger partial charge in [-0.2, -0.15) is 0 Å². The van der Waals surface area contributed by atoms with Crippen molar-refractivity contribution in [3.8, 4) is 11.5 Å². The van der Waals surface area contributed by atoms with Crippen molar-refractivity contribution < 1.29 is 18.3 Å². The zero-order chi connectivity index (χ0) is 14.0. The third-order valence-corrected chi connectivity index (χ3v) is 3.01. The number of benzene rings is 2. The van der Waals surface area contributed by atoms with Gasteiger partial charge in [-0.25, -0.2) is 8.78 Å². The second kappa shape index (κ2) is 5.55. The van der Waals surface area contributed by atoms with Gasteiger partial charge in [-0.3, -0.25) is 4.79 Å². The summed E-state index contributed by atoms with van der Waals surface area (Å²) in [6.45, 7) is 0. The summed E-state index contributed by atoms with van der Waals surface area (Å²) < 4.78 is 32.2. The van der Waals surface area contributed by atoms with E-state index in [0.29, 0.717) is 11.3 Å². The lowest BCUT2D eigenvalue weighted by Gasteiger charge is -2.09. The Morgan fingerprint density at radius 1 is 1.00 bits per heavy atom. The lowest BCUT2D eigenvalue weighted by Crippen LogP contribution is -1.95. The van der Waals surface area contributed by atoms with E-state index in [2.05, 4.69) is 0 Å². The lowest BCUT2D eigenvalue weighted by molar-refractivity contribution is 0.112. The van der Waals surface area contributed by atoms with Crippen molar-refractivity contribution in [1.29, 1.82) is 0 Å². The molecule has 0 fully saturated rings. The quantitative estimate of drug-likeness (QED) is 0.756. The van der Waals surface area contributed by atoms with Crippen LogP contribution in [-0.2, 0) is 0 Å². The number of carbonyl (C=O) groups excluding carboxylic acids is 1. The summed E-state index contributed by atoms with van der Waals surface area (Å²) >= 11 is 11.5. The molecule has 0 aromatic heterocycles. The summed E-state index contributed by atoms with van der Waals surface area (Å²) in [6, 6.07) is 5.94. The number of ether oxygens (including phenoxy) is 1. The molecule has 0 saturated carbocycles. The minimum atomic E-state index is -0.979. The van der Waals surface area contributed by atoms with Gasteiger partial charge in [-0.05, 0) is 24.3 Å². The van der Waals surface area contributed by atoms with Crippen molar-refractivity contribution >= 4 is 29.5 Å². The van der Waals surface area contributed by atoms with Gasteiger partial charge in [-0.15, -0.1) is 0 Å². The van der Waals surface area contributed by atoms with Crippen molar-refractivity contribution in [3.63, 3.8) is 0 Å². The Kier molecular flexibility index (Phi) is 4.02. The molecule has 0 amide bonds. The number of aldehydes is 1. The predicted octanol–water partition coefficient (Wildman–Crippen LogP) is 4.88. The summed E-state index contributed by atoms with van der Waals surface area (Å²) in [7, 11) is 0. The van der Waals surface area contributed by atoms with Crippen LogP contribution in [0.3, 0.4) is 0 Å². The van der Waals surface area contributed by atoms with E-state index in [9.17, 15) is 13.6 Å². The van der Waals surface area contributed by atoms with Crippen LogP contribution in [-0.4, -0.2) is 6.29 Å². The molecule has 0 N–H and O–H groups in total. The fourth-order valence-corrected chi connectivity index (χ4v) is 1.69. The van der Waals surface area contributed by atoms with E-state index in [4.69, 9.17) is 27.9 Å². The largest absolute Gasteiger partial charge is 0.451 e. The van der Waals surface area contributed by atoms with Gasteiger partial charge >= 0.3 is 0 Å². The van der Waals surface area contributed by atoms with Gasteiger partial charge in [0.25, 0.3) is 0 Å². The van der Waals surface area contributed by atoms with Crippen LogP contribution in [0.2, 0.25) is 10.0 Å². The van der Waals surface area contributed by atoms with Gasteiger partial charge < -0.3 is 4.74 Å². The molecular weight excluding hydrogens is 297 g/mol. The molecule has 0 spiro atoms. The van der Waals surface area contributed by atoms with E-state index >= 15 is 0 Å². The molecule has 0 bridgehead atoms. The van der Waals surface area contributed by atoms with Crippen LogP contribution in [0.1, 0.15) is 10.4 Å². The van der Waals surface area contributed by atoms with Gasteiger partial charge in [0.2, 0.25) is 0 Å². The summed E-state index contributed by atoms with van der Waals surface area (Å²) in [5, 5.41) is 0.496. The van der Waals surface area contributed by atoms with E-state index in [1.54, 1.807) is 0 Å². The Morgan fingerprint density at radius 3 is 2.16 bits per heavy atom. The van der Waals surface area contributed by atoms with Crippen molar-refractivity contribution in [1.82, 2.24) is 0 Å². The third-order valence-electron chi connectivity index (χ3n) is 2.27. The average Bonchev–Trinajstić information content (AvgIpc) is 2.37. The van der Waals surface area contributed by atoms with E-state index in [-0.39, 0.29) is 16.3 Å². The third kappa shape index (κ3) is 3.03. The summed E-state index contributed by atoms with van der Waals surface area (Å²) in [5.74, 6) is -2.43. The molecule has 2 aromatic rings. The standard InChI is InChI=1S/C13H6Cl2F2O2/c14-9-2-1-8(5-10(9)15)19-13-11(16)3-7(6-18)4-12(13)17/h1-6H. The Labute approximate surface area is 117 Å². The molecule has 0 saturated heterocycles. The molecule has 0 radical (unpaired) electrons. The maximum atomic E-state index is 13.6. The van der Waals surface area contributed by atoms with E-state index < -0.39 is 17.4 Å². The maximum Gasteiger partial charge on any atom is 0.198 e. The number of hydrogen-bond donors (Lipinski definition) is 0. The second-order valence-electron chi connectivity index (χ2n) is 3.61. The Hall–Kier alpha value is -1.65. The molecule has 0 aliphatic heterocycles. The van der Waals surface area contributed by atoms with E-state index in [1.165, 1.54) is 18.2 Å². The van der Waals surface area contributed by atoms with Gasteiger partial charge in [0.05, 0.1) is 10.0 Å². The molecule has 2 rings (SSSR count). The molecule has 2 aromatic carbocycles. The predicted molar refractivity (Wildman–Crippen MR) is 68.3 cm³/mol. The van der Waals surface area contributed by atoms with Crippen LogP contribution in [0.25, 0.3) is 0 Å². The highest BCUT2D eigenvalue weighted by molar-refractivity contribution is 6.42. The molecule has 0 aliphatic rings. The molecule has 0 unspecified atom stereocenters. The molecule has 0 atom stereocenters. The first kappa shape index (κ1) is 13.8. The first-order chi connectivity index (χ1) is 9.01. The zero-order valence-corrected chi connectivity index (χ0v) is 10.8. The first-order valence-electron chi connectivity index (χ1n) is 5.08. The van der Waals surface area contributed by atoms with Crippen LogP contribution in [0.4, 0.5) is 8.78 Å². The number of hydrogen-bond acceptors (Lipinski definition) is 2. The molecule has 98 valence electrons. The second-order valence-corrected chi connectivity index (χ2v) is 4.42. The van der Waals surface area contributed by atoms with Crippen molar-refractivity contribution in [3.05, 3.63) is 57.6 Å². The highest BCUT2D eigenvalue weighted by Gasteiger charge is 2.14. The highest BCUT2D eigenvalue weighted by atomic mass is 35.5. The molecule has 6 heteroatoms. The normalized spacial score (nSPS) is 10.3. The van der Waals surface area contributed by atoms with Gasteiger partial charge in [-0.1, -0.05) is 23.2 Å². The Bertz CT molecular complexity index is 622. The molecular formula is C13H6Cl2F2O2. The number of halogens is 4. The SMILES string of the molecule is O=Cc1cc(F)c(Oc2ccc(Cl)c(Cl)c2)c(F)c1. The molecule has 19 heavy (non-hydrogen) atoms. The lowest BCUT2D eigenvalue weighted by atomic mass is 10.2. The van der Waals surface area contributed by atoms with Crippen LogP contribution in [0.5, 0.6) is 11.5 Å². The maximum absolute atomic E-state index is 13.6. The first-order valence-corrected chi connectivity index (χ1v) is 5.84. The summed E-state index contributed by atoms with van der Waals surface area (Å²) in [4.78, 5) is 10.5. The summed E-state index contributed by atoms with van der Waals surface area (Å²) in [5.41, 5.74) is -0.114. The fourth-order valence-electron chi connectivity index (χ4n) is 1.40. The van der Waals surface area contributed by atoms with Gasteiger partial charge in [0.15, 0.2) is 17.4 Å².